The zero-order chi connectivity index (χ0) is 13.1. The molecule has 0 radical (unpaired) electrons. The van der Waals surface area contributed by atoms with E-state index in [-0.39, 0.29) is 17.7 Å². The third kappa shape index (κ3) is 2.68. The predicted octanol–water partition coefficient (Wildman–Crippen LogP) is 1.37. The summed E-state index contributed by atoms with van der Waals surface area (Å²) in [6.45, 7) is 3.78. The van der Waals surface area contributed by atoms with Gasteiger partial charge in [0.25, 0.3) is 0 Å². The summed E-state index contributed by atoms with van der Waals surface area (Å²) in [5.74, 6) is 1.13. The van der Waals surface area contributed by atoms with Crippen molar-refractivity contribution in [2.24, 2.45) is 7.05 Å². The van der Waals surface area contributed by atoms with Gasteiger partial charge in [-0.2, -0.15) is 15.1 Å². The SMILES string of the molecule is CC(C)Oc1ncnc(Oc2cnn(C)c2)c1N. The van der Waals surface area contributed by atoms with Gasteiger partial charge in [0.05, 0.1) is 18.5 Å². The summed E-state index contributed by atoms with van der Waals surface area (Å²) >= 11 is 0. The average Bonchev–Trinajstić information content (AvgIpc) is 2.69. The molecule has 2 N–H and O–H groups in total. The minimum atomic E-state index is -0.0200. The van der Waals surface area contributed by atoms with E-state index in [1.165, 1.54) is 6.33 Å². The summed E-state index contributed by atoms with van der Waals surface area (Å²) < 4.78 is 12.6. The fourth-order valence-corrected chi connectivity index (χ4v) is 1.33. The van der Waals surface area contributed by atoms with Crippen molar-refractivity contribution >= 4 is 5.69 Å². The van der Waals surface area contributed by atoms with Crippen LogP contribution < -0.4 is 15.2 Å². The lowest BCUT2D eigenvalue weighted by atomic mass is 10.4. The lowest BCUT2D eigenvalue weighted by Crippen LogP contribution is -2.10. The summed E-state index contributed by atoms with van der Waals surface area (Å²) in [6.07, 6.45) is 4.61. The first-order chi connectivity index (χ1) is 8.56. The van der Waals surface area contributed by atoms with Crippen molar-refractivity contribution in [2.75, 3.05) is 5.73 Å². The second kappa shape index (κ2) is 4.91. The molecule has 0 aliphatic heterocycles. The summed E-state index contributed by atoms with van der Waals surface area (Å²) in [4.78, 5) is 7.94. The maximum Gasteiger partial charge on any atom is 0.250 e. The van der Waals surface area contributed by atoms with Crippen molar-refractivity contribution in [1.29, 1.82) is 0 Å². The smallest absolute Gasteiger partial charge is 0.250 e. The van der Waals surface area contributed by atoms with E-state index in [0.717, 1.165) is 0 Å². The molecule has 0 aliphatic rings. The molecule has 7 nitrogen and oxygen atoms in total. The normalized spacial score (nSPS) is 10.7. The zero-order valence-corrected chi connectivity index (χ0v) is 10.5. The fraction of sp³-hybridized carbons (Fsp3) is 0.364. The number of hydrogen-bond donors (Lipinski definition) is 1. The van der Waals surface area contributed by atoms with Crippen LogP contribution in [0.5, 0.6) is 17.5 Å². The Morgan fingerprint density at radius 2 is 2.00 bits per heavy atom. The standard InChI is InChI=1S/C11H15N5O2/c1-7(2)17-10-9(12)11(14-6-13-10)18-8-4-15-16(3)5-8/h4-7H,12H2,1-3H3. The molecule has 0 spiro atoms. The minimum absolute atomic E-state index is 0.0200. The van der Waals surface area contributed by atoms with E-state index in [1.54, 1.807) is 24.1 Å². The quantitative estimate of drug-likeness (QED) is 0.880. The molecule has 2 aromatic heterocycles. The van der Waals surface area contributed by atoms with E-state index in [1.807, 2.05) is 13.8 Å². The average molecular weight is 249 g/mol. The monoisotopic (exact) mass is 249 g/mol. The second-order valence-corrected chi connectivity index (χ2v) is 4.02. The largest absolute Gasteiger partial charge is 0.473 e. The van der Waals surface area contributed by atoms with Gasteiger partial charge in [-0.05, 0) is 13.8 Å². The van der Waals surface area contributed by atoms with Gasteiger partial charge < -0.3 is 15.2 Å². The number of ether oxygens (including phenoxy) is 2. The fourth-order valence-electron chi connectivity index (χ4n) is 1.33. The van der Waals surface area contributed by atoms with Crippen LogP contribution in [0, 0.1) is 0 Å². The first-order valence-corrected chi connectivity index (χ1v) is 5.50. The van der Waals surface area contributed by atoms with Gasteiger partial charge in [0, 0.05) is 7.05 Å². The number of anilines is 1. The van der Waals surface area contributed by atoms with E-state index in [0.29, 0.717) is 11.6 Å². The van der Waals surface area contributed by atoms with Crippen molar-refractivity contribution in [2.45, 2.75) is 20.0 Å². The highest BCUT2D eigenvalue weighted by molar-refractivity contribution is 5.56. The van der Waals surface area contributed by atoms with E-state index in [9.17, 15) is 0 Å². The first-order valence-electron chi connectivity index (χ1n) is 5.50. The number of nitrogens with two attached hydrogens (primary N) is 1. The lowest BCUT2D eigenvalue weighted by molar-refractivity contribution is 0.233. The van der Waals surface area contributed by atoms with E-state index in [4.69, 9.17) is 15.2 Å². The van der Waals surface area contributed by atoms with Gasteiger partial charge in [-0.25, -0.2) is 0 Å². The first kappa shape index (κ1) is 12.2. The van der Waals surface area contributed by atoms with E-state index >= 15 is 0 Å². The van der Waals surface area contributed by atoms with Crippen LogP contribution in [-0.4, -0.2) is 25.9 Å². The molecular formula is C11H15N5O2. The van der Waals surface area contributed by atoms with E-state index in [2.05, 4.69) is 15.1 Å². The van der Waals surface area contributed by atoms with Crippen molar-refractivity contribution in [3.05, 3.63) is 18.7 Å². The number of rotatable bonds is 4. The van der Waals surface area contributed by atoms with Gasteiger partial charge in [0.1, 0.15) is 6.33 Å². The Labute approximate surface area is 105 Å². The van der Waals surface area contributed by atoms with Crippen LogP contribution in [0.2, 0.25) is 0 Å². The van der Waals surface area contributed by atoms with Crippen LogP contribution in [0.25, 0.3) is 0 Å². The molecule has 2 rings (SSSR count). The number of nitrogens with zero attached hydrogens (tertiary/aromatic N) is 4. The van der Waals surface area contributed by atoms with Crippen molar-refractivity contribution in [1.82, 2.24) is 19.7 Å². The molecule has 0 aliphatic carbocycles. The summed E-state index contributed by atoms with van der Waals surface area (Å²) in [6, 6.07) is 0. The summed E-state index contributed by atoms with van der Waals surface area (Å²) in [5, 5.41) is 3.99. The molecule has 0 fully saturated rings. The molecule has 0 atom stereocenters. The van der Waals surface area contributed by atoms with Crippen LogP contribution in [0.4, 0.5) is 5.69 Å². The maximum atomic E-state index is 5.88. The second-order valence-electron chi connectivity index (χ2n) is 4.02. The molecule has 2 heterocycles. The Morgan fingerprint density at radius 3 is 2.61 bits per heavy atom. The van der Waals surface area contributed by atoms with Gasteiger partial charge in [0.15, 0.2) is 11.4 Å². The predicted molar refractivity (Wildman–Crippen MR) is 65.5 cm³/mol. The minimum Gasteiger partial charge on any atom is -0.473 e. The van der Waals surface area contributed by atoms with E-state index < -0.39 is 0 Å². The van der Waals surface area contributed by atoms with Gasteiger partial charge in [-0.15, -0.1) is 0 Å². The summed E-state index contributed by atoms with van der Waals surface area (Å²) in [5.41, 5.74) is 6.16. The molecule has 0 bridgehead atoms. The van der Waals surface area contributed by atoms with Gasteiger partial charge >= 0.3 is 0 Å². The highest BCUT2D eigenvalue weighted by atomic mass is 16.5. The molecule has 2 aromatic rings. The zero-order valence-electron chi connectivity index (χ0n) is 10.5. The number of nitrogen functional groups attached to an aromatic ring is 1. The Balaban J connectivity index is 2.23. The third-order valence-electron chi connectivity index (χ3n) is 2.05. The number of aryl methyl sites for hydroxylation is 1. The highest BCUT2D eigenvalue weighted by Gasteiger charge is 2.13. The molecule has 18 heavy (non-hydrogen) atoms. The molecule has 0 unspecified atom stereocenters. The van der Waals surface area contributed by atoms with Crippen molar-refractivity contribution in [3.8, 4) is 17.5 Å². The van der Waals surface area contributed by atoms with Gasteiger partial charge in [-0.3, -0.25) is 4.68 Å². The molecule has 7 heteroatoms. The maximum absolute atomic E-state index is 5.88. The van der Waals surface area contributed by atoms with Crippen LogP contribution in [-0.2, 0) is 7.05 Å². The van der Waals surface area contributed by atoms with Crippen LogP contribution >= 0.6 is 0 Å². The molecule has 0 aromatic carbocycles. The number of aromatic nitrogens is 4. The van der Waals surface area contributed by atoms with Crippen LogP contribution in [0.1, 0.15) is 13.8 Å². The van der Waals surface area contributed by atoms with Gasteiger partial charge in [0.2, 0.25) is 11.8 Å². The van der Waals surface area contributed by atoms with Crippen molar-refractivity contribution in [3.63, 3.8) is 0 Å². The molecule has 0 amide bonds. The Kier molecular flexibility index (Phi) is 3.31. The Bertz CT molecular complexity index is 538. The third-order valence-corrected chi connectivity index (χ3v) is 2.05. The van der Waals surface area contributed by atoms with Gasteiger partial charge in [-0.1, -0.05) is 0 Å². The van der Waals surface area contributed by atoms with Crippen LogP contribution in [0.3, 0.4) is 0 Å². The summed E-state index contributed by atoms with van der Waals surface area (Å²) in [7, 11) is 1.80. The molecular weight excluding hydrogens is 234 g/mol. The topological polar surface area (TPSA) is 88.1 Å². The van der Waals surface area contributed by atoms with Crippen molar-refractivity contribution < 1.29 is 9.47 Å². The highest BCUT2D eigenvalue weighted by Crippen LogP contribution is 2.30. The molecule has 96 valence electrons. The lowest BCUT2D eigenvalue weighted by Gasteiger charge is -2.12. The van der Waals surface area contributed by atoms with Crippen LogP contribution in [0.15, 0.2) is 18.7 Å². The Morgan fingerprint density at radius 1 is 1.28 bits per heavy atom. The molecule has 0 saturated heterocycles. The number of hydrogen-bond acceptors (Lipinski definition) is 6. The molecule has 0 saturated carbocycles. The Hall–Kier alpha value is -2.31.